The predicted octanol–water partition coefficient (Wildman–Crippen LogP) is 3.75. The second-order valence-corrected chi connectivity index (χ2v) is 8.49. The molecule has 0 aromatic heterocycles. The molecule has 2 amide bonds. The topological polar surface area (TPSA) is 77.1 Å². The summed E-state index contributed by atoms with van der Waals surface area (Å²) in [5, 5.41) is 3.48. The molecule has 1 heterocycles. The van der Waals surface area contributed by atoms with Gasteiger partial charge in [-0.1, -0.05) is 17.7 Å². The maximum absolute atomic E-state index is 13.2. The van der Waals surface area contributed by atoms with Crippen LogP contribution in [0, 0.1) is 5.92 Å². The number of nitrogens with one attached hydrogen (secondary N) is 1. The van der Waals surface area contributed by atoms with Gasteiger partial charge in [0.15, 0.2) is 11.5 Å². The van der Waals surface area contributed by atoms with Gasteiger partial charge in [0, 0.05) is 35.6 Å². The van der Waals surface area contributed by atoms with Crippen LogP contribution in [0.15, 0.2) is 36.4 Å². The third kappa shape index (κ3) is 4.93. The summed E-state index contributed by atoms with van der Waals surface area (Å²) >= 11 is 6.08. The molecule has 2 aromatic rings. The van der Waals surface area contributed by atoms with Gasteiger partial charge in [-0.15, -0.1) is 0 Å². The molecule has 3 rings (SSSR count). The molecule has 2 unspecified atom stereocenters. The molecule has 0 saturated carbocycles. The quantitative estimate of drug-likeness (QED) is 0.681. The van der Waals surface area contributed by atoms with E-state index in [0.29, 0.717) is 40.9 Å². The molecule has 1 N–H and O–H groups in total. The van der Waals surface area contributed by atoms with Crippen LogP contribution in [0.4, 0.5) is 0 Å². The Morgan fingerprint density at radius 1 is 1.03 bits per heavy atom. The molecule has 2 aromatic carbocycles. The Morgan fingerprint density at radius 3 is 2.22 bits per heavy atom. The van der Waals surface area contributed by atoms with E-state index in [1.807, 2.05) is 26.0 Å². The van der Waals surface area contributed by atoms with Crippen molar-refractivity contribution in [3.63, 3.8) is 0 Å². The maximum Gasteiger partial charge on any atom is 0.253 e. The summed E-state index contributed by atoms with van der Waals surface area (Å²) in [6.07, 6.45) is 0. The fourth-order valence-electron chi connectivity index (χ4n) is 4.08. The van der Waals surface area contributed by atoms with Crippen LogP contribution in [0.5, 0.6) is 17.2 Å². The van der Waals surface area contributed by atoms with E-state index in [2.05, 4.69) is 5.32 Å². The van der Waals surface area contributed by atoms with Crippen molar-refractivity contribution < 1.29 is 23.8 Å². The van der Waals surface area contributed by atoms with Crippen LogP contribution in [-0.2, 0) is 4.79 Å². The number of carbonyl (C=O) groups is 2. The van der Waals surface area contributed by atoms with Crippen LogP contribution in [-0.4, -0.2) is 57.2 Å². The Hall–Kier alpha value is -2.93. The third-order valence-electron chi connectivity index (χ3n) is 5.56. The van der Waals surface area contributed by atoms with E-state index < -0.39 is 5.92 Å². The highest BCUT2D eigenvalue weighted by Crippen LogP contribution is 2.43. The summed E-state index contributed by atoms with van der Waals surface area (Å²) in [4.78, 5) is 28.0. The van der Waals surface area contributed by atoms with E-state index in [-0.39, 0.29) is 23.8 Å². The lowest BCUT2D eigenvalue weighted by molar-refractivity contribution is -0.125. The van der Waals surface area contributed by atoms with Crippen LogP contribution in [0.1, 0.15) is 35.7 Å². The molecule has 0 aliphatic carbocycles. The number of ether oxygens (including phenoxy) is 3. The van der Waals surface area contributed by atoms with E-state index in [0.717, 1.165) is 5.56 Å². The zero-order chi connectivity index (χ0) is 23.4. The van der Waals surface area contributed by atoms with Gasteiger partial charge in [-0.2, -0.15) is 0 Å². The standard InChI is InChI=1S/C24H29ClN2O5/c1-14(2)26-23(28)19-13-27(24(29)15-7-6-8-17(25)9-15)12-18(19)16-10-20(30-3)22(32-5)21(11-16)31-4/h6-11,14,18-19H,12-13H2,1-5H3,(H,26,28). The number of likely N-dealkylation sites (tertiary alicyclic amines) is 1. The fraction of sp³-hybridized carbons (Fsp3) is 0.417. The van der Waals surface area contributed by atoms with Crippen molar-refractivity contribution in [3.05, 3.63) is 52.5 Å². The number of amides is 2. The third-order valence-corrected chi connectivity index (χ3v) is 5.80. The number of rotatable bonds is 7. The van der Waals surface area contributed by atoms with Crippen LogP contribution in [0.2, 0.25) is 5.02 Å². The van der Waals surface area contributed by atoms with Crippen molar-refractivity contribution in [2.24, 2.45) is 5.92 Å². The summed E-state index contributed by atoms with van der Waals surface area (Å²) in [7, 11) is 4.64. The van der Waals surface area contributed by atoms with Crippen LogP contribution >= 0.6 is 11.6 Å². The van der Waals surface area contributed by atoms with E-state index in [9.17, 15) is 9.59 Å². The van der Waals surface area contributed by atoms with Gasteiger partial charge < -0.3 is 24.4 Å². The Kier molecular flexibility index (Phi) is 7.51. The number of carbonyl (C=O) groups excluding carboxylic acids is 2. The minimum atomic E-state index is -0.427. The smallest absolute Gasteiger partial charge is 0.253 e. The molecule has 1 aliphatic rings. The molecule has 2 atom stereocenters. The average Bonchev–Trinajstić information content (AvgIpc) is 3.22. The van der Waals surface area contributed by atoms with Crippen molar-refractivity contribution in [1.82, 2.24) is 10.2 Å². The van der Waals surface area contributed by atoms with E-state index in [1.165, 1.54) is 0 Å². The first kappa shape index (κ1) is 23.7. The van der Waals surface area contributed by atoms with Crippen molar-refractivity contribution >= 4 is 23.4 Å². The van der Waals surface area contributed by atoms with Gasteiger partial charge in [-0.25, -0.2) is 0 Å². The molecule has 1 fully saturated rings. The highest BCUT2D eigenvalue weighted by molar-refractivity contribution is 6.30. The van der Waals surface area contributed by atoms with Gasteiger partial charge in [0.05, 0.1) is 27.2 Å². The van der Waals surface area contributed by atoms with E-state index >= 15 is 0 Å². The SMILES string of the molecule is COc1cc(C2CN(C(=O)c3cccc(Cl)c3)CC2C(=O)NC(C)C)cc(OC)c1OC. The van der Waals surface area contributed by atoms with Gasteiger partial charge in [0.1, 0.15) is 0 Å². The molecule has 0 spiro atoms. The van der Waals surface area contributed by atoms with Gasteiger partial charge in [0.2, 0.25) is 11.7 Å². The Labute approximate surface area is 193 Å². The number of benzene rings is 2. The Balaban J connectivity index is 1.99. The van der Waals surface area contributed by atoms with Crippen molar-refractivity contribution in [2.45, 2.75) is 25.8 Å². The zero-order valence-electron chi connectivity index (χ0n) is 19.0. The largest absolute Gasteiger partial charge is 0.493 e. The maximum atomic E-state index is 13.2. The van der Waals surface area contributed by atoms with Crippen LogP contribution in [0.3, 0.4) is 0 Å². The van der Waals surface area contributed by atoms with Crippen LogP contribution in [0.25, 0.3) is 0 Å². The number of hydrogen-bond acceptors (Lipinski definition) is 5. The first-order valence-electron chi connectivity index (χ1n) is 10.4. The molecule has 172 valence electrons. The highest BCUT2D eigenvalue weighted by atomic mass is 35.5. The molecule has 1 aliphatic heterocycles. The Bertz CT molecular complexity index is 969. The normalized spacial score (nSPS) is 17.9. The zero-order valence-corrected chi connectivity index (χ0v) is 19.7. The first-order valence-corrected chi connectivity index (χ1v) is 10.8. The van der Waals surface area contributed by atoms with Crippen molar-refractivity contribution in [1.29, 1.82) is 0 Å². The van der Waals surface area contributed by atoms with Crippen molar-refractivity contribution in [3.8, 4) is 17.2 Å². The average molecular weight is 461 g/mol. The van der Waals surface area contributed by atoms with Gasteiger partial charge in [0.25, 0.3) is 5.91 Å². The fourth-order valence-corrected chi connectivity index (χ4v) is 4.27. The highest BCUT2D eigenvalue weighted by Gasteiger charge is 2.41. The van der Waals surface area contributed by atoms with Gasteiger partial charge in [-0.05, 0) is 49.7 Å². The number of methoxy groups -OCH3 is 3. The van der Waals surface area contributed by atoms with Crippen molar-refractivity contribution in [2.75, 3.05) is 34.4 Å². The molecule has 1 saturated heterocycles. The molecule has 8 heteroatoms. The lowest BCUT2D eigenvalue weighted by atomic mass is 9.87. The predicted molar refractivity (Wildman–Crippen MR) is 123 cm³/mol. The Morgan fingerprint density at radius 2 is 1.69 bits per heavy atom. The summed E-state index contributed by atoms with van der Waals surface area (Å²) in [6, 6.07) is 10.5. The molecular formula is C24H29ClN2O5. The molecule has 0 radical (unpaired) electrons. The van der Waals surface area contributed by atoms with E-state index in [1.54, 1.807) is 50.5 Å². The second kappa shape index (κ2) is 10.1. The van der Waals surface area contributed by atoms with Gasteiger partial charge in [-0.3, -0.25) is 9.59 Å². The summed E-state index contributed by atoms with van der Waals surface area (Å²) in [5.74, 6) is 0.555. The summed E-state index contributed by atoms with van der Waals surface area (Å²) in [5.41, 5.74) is 1.33. The monoisotopic (exact) mass is 460 g/mol. The second-order valence-electron chi connectivity index (χ2n) is 8.06. The molecular weight excluding hydrogens is 432 g/mol. The van der Waals surface area contributed by atoms with Crippen LogP contribution < -0.4 is 19.5 Å². The molecule has 7 nitrogen and oxygen atoms in total. The molecule has 0 bridgehead atoms. The lowest BCUT2D eigenvalue weighted by Crippen LogP contribution is -2.39. The number of hydrogen-bond donors (Lipinski definition) is 1. The number of halogens is 1. The van der Waals surface area contributed by atoms with E-state index in [4.69, 9.17) is 25.8 Å². The summed E-state index contributed by atoms with van der Waals surface area (Å²) in [6.45, 7) is 4.50. The lowest BCUT2D eigenvalue weighted by Gasteiger charge is -2.21. The first-order chi connectivity index (χ1) is 15.3. The minimum absolute atomic E-state index is 0.0132. The van der Waals surface area contributed by atoms with Gasteiger partial charge >= 0.3 is 0 Å². The number of nitrogens with zero attached hydrogens (tertiary/aromatic N) is 1. The molecule has 32 heavy (non-hydrogen) atoms. The summed E-state index contributed by atoms with van der Waals surface area (Å²) < 4.78 is 16.4. The minimum Gasteiger partial charge on any atom is -0.493 e.